The van der Waals surface area contributed by atoms with Gasteiger partial charge in [-0.3, -0.25) is 9.59 Å². The number of thiophene rings is 1. The first-order valence-electron chi connectivity index (χ1n) is 5.94. The molecule has 7 heteroatoms. The molecule has 1 aromatic heterocycles. The Labute approximate surface area is 119 Å². The smallest absolute Gasteiger partial charge is 0.322 e. The van der Waals surface area contributed by atoms with Crippen LogP contribution in [0.3, 0.4) is 0 Å². The average molecular weight is 294 g/mol. The largest absolute Gasteiger partial charge is 0.480 e. The Kier molecular flexibility index (Phi) is 4.54. The second-order valence-electron chi connectivity index (χ2n) is 4.22. The van der Waals surface area contributed by atoms with Crippen molar-refractivity contribution in [3.8, 4) is 0 Å². The summed E-state index contributed by atoms with van der Waals surface area (Å²) in [7, 11) is 0. The molecular formula is C13H14N2O4S. The van der Waals surface area contributed by atoms with E-state index in [1.807, 2.05) is 23.6 Å². The summed E-state index contributed by atoms with van der Waals surface area (Å²) in [5.74, 6) is -1.81. The number of nitrogens with one attached hydrogen (secondary N) is 2. The van der Waals surface area contributed by atoms with Gasteiger partial charge in [-0.25, -0.2) is 0 Å². The minimum atomic E-state index is -0.918. The molecule has 20 heavy (non-hydrogen) atoms. The number of carboxylic acids is 2. The maximum absolute atomic E-state index is 10.5. The molecule has 0 aliphatic carbocycles. The normalized spacial score (nSPS) is 10.6. The fourth-order valence-corrected chi connectivity index (χ4v) is 2.75. The predicted molar refractivity (Wildman–Crippen MR) is 77.3 cm³/mol. The van der Waals surface area contributed by atoms with E-state index in [0.717, 1.165) is 21.3 Å². The molecule has 0 saturated heterocycles. The van der Waals surface area contributed by atoms with Gasteiger partial charge in [-0.05, 0) is 34.5 Å². The molecule has 2 rings (SSSR count). The highest BCUT2D eigenvalue weighted by molar-refractivity contribution is 7.17. The summed E-state index contributed by atoms with van der Waals surface area (Å²) in [6.45, 7) is 0.241. The lowest BCUT2D eigenvalue weighted by Gasteiger charge is -2.05. The van der Waals surface area contributed by atoms with Gasteiger partial charge < -0.3 is 20.8 Å². The third-order valence-corrected chi connectivity index (χ3v) is 3.70. The van der Waals surface area contributed by atoms with Crippen LogP contribution >= 0.6 is 11.3 Å². The van der Waals surface area contributed by atoms with Gasteiger partial charge in [0.15, 0.2) is 0 Å². The second kappa shape index (κ2) is 6.36. The van der Waals surface area contributed by atoms with Crippen LogP contribution in [-0.4, -0.2) is 35.2 Å². The molecule has 0 bridgehead atoms. The standard InChI is InChI=1S/C13H14N2O4S/c16-12(17)5-14-4-8-7-20-11-2-1-9(3-10(8)11)15-6-13(18)19/h1-3,7,14-15H,4-6H2,(H,16,17)(H,18,19). The zero-order valence-corrected chi connectivity index (χ0v) is 11.4. The number of carbonyl (C=O) groups is 2. The van der Waals surface area contributed by atoms with Crippen molar-refractivity contribution in [1.82, 2.24) is 5.32 Å². The molecule has 0 atom stereocenters. The van der Waals surface area contributed by atoms with Crippen LogP contribution in [0.5, 0.6) is 0 Å². The van der Waals surface area contributed by atoms with Crippen molar-refractivity contribution in [2.75, 3.05) is 18.4 Å². The van der Waals surface area contributed by atoms with Crippen LogP contribution in [-0.2, 0) is 16.1 Å². The van der Waals surface area contributed by atoms with Crippen molar-refractivity contribution < 1.29 is 19.8 Å². The Morgan fingerprint density at radius 2 is 1.90 bits per heavy atom. The van der Waals surface area contributed by atoms with Gasteiger partial charge in [0.1, 0.15) is 6.54 Å². The molecule has 0 amide bonds. The number of hydrogen-bond donors (Lipinski definition) is 4. The van der Waals surface area contributed by atoms with Crippen LogP contribution in [0.4, 0.5) is 5.69 Å². The summed E-state index contributed by atoms with van der Waals surface area (Å²) in [5, 5.41) is 25.9. The maximum atomic E-state index is 10.5. The zero-order valence-electron chi connectivity index (χ0n) is 10.5. The lowest BCUT2D eigenvalue weighted by atomic mass is 10.1. The topological polar surface area (TPSA) is 98.7 Å². The summed E-state index contributed by atoms with van der Waals surface area (Å²) in [6, 6.07) is 5.63. The lowest BCUT2D eigenvalue weighted by Crippen LogP contribution is -2.21. The number of carboxylic acid groups (broad SMARTS) is 2. The molecule has 0 radical (unpaired) electrons. The molecule has 6 nitrogen and oxygen atoms in total. The SMILES string of the molecule is O=C(O)CNCc1csc2ccc(NCC(=O)O)cc12. The van der Waals surface area contributed by atoms with Crippen molar-refractivity contribution >= 4 is 39.0 Å². The molecule has 1 aromatic carbocycles. The number of hydrogen-bond acceptors (Lipinski definition) is 5. The Morgan fingerprint density at radius 1 is 1.15 bits per heavy atom. The first-order chi connectivity index (χ1) is 9.56. The quantitative estimate of drug-likeness (QED) is 0.619. The van der Waals surface area contributed by atoms with Crippen LogP contribution in [0.2, 0.25) is 0 Å². The van der Waals surface area contributed by atoms with Crippen molar-refractivity contribution in [3.05, 3.63) is 29.1 Å². The van der Waals surface area contributed by atoms with Crippen molar-refractivity contribution in [3.63, 3.8) is 0 Å². The summed E-state index contributed by atoms with van der Waals surface area (Å²) in [4.78, 5) is 21.0. The summed E-state index contributed by atoms with van der Waals surface area (Å²) >= 11 is 1.57. The highest BCUT2D eigenvalue weighted by atomic mass is 32.1. The lowest BCUT2D eigenvalue weighted by molar-refractivity contribution is -0.136. The summed E-state index contributed by atoms with van der Waals surface area (Å²) < 4.78 is 1.08. The van der Waals surface area contributed by atoms with Crippen LogP contribution in [0.1, 0.15) is 5.56 Å². The van der Waals surface area contributed by atoms with Gasteiger partial charge in [0, 0.05) is 16.9 Å². The first kappa shape index (κ1) is 14.3. The summed E-state index contributed by atoms with van der Waals surface area (Å²) in [5.41, 5.74) is 1.74. The van der Waals surface area contributed by atoms with Gasteiger partial charge in [0.05, 0.1) is 6.54 Å². The molecule has 2 aromatic rings. The third kappa shape index (κ3) is 3.69. The van der Waals surface area contributed by atoms with E-state index in [4.69, 9.17) is 10.2 Å². The molecule has 4 N–H and O–H groups in total. The van der Waals surface area contributed by atoms with E-state index in [9.17, 15) is 9.59 Å². The van der Waals surface area contributed by atoms with Gasteiger partial charge in [0.2, 0.25) is 0 Å². The fraction of sp³-hybridized carbons (Fsp3) is 0.231. The number of benzene rings is 1. The average Bonchev–Trinajstić information content (AvgIpc) is 2.79. The van der Waals surface area contributed by atoms with E-state index in [2.05, 4.69) is 10.6 Å². The molecular weight excluding hydrogens is 280 g/mol. The maximum Gasteiger partial charge on any atom is 0.322 e. The second-order valence-corrected chi connectivity index (χ2v) is 5.13. The molecule has 0 fully saturated rings. The Hall–Kier alpha value is -2.12. The van der Waals surface area contributed by atoms with Crippen LogP contribution in [0.15, 0.2) is 23.6 Å². The first-order valence-corrected chi connectivity index (χ1v) is 6.82. The van der Waals surface area contributed by atoms with Crippen molar-refractivity contribution in [2.45, 2.75) is 6.54 Å². The number of rotatable bonds is 7. The Balaban J connectivity index is 2.12. The van der Waals surface area contributed by atoms with E-state index in [1.54, 1.807) is 11.3 Å². The Morgan fingerprint density at radius 3 is 2.60 bits per heavy atom. The third-order valence-electron chi connectivity index (χ3n) is 2.69. The van der Waals surface area contributed by atoms with E-state index in [1.165, 1.54) is 0 Å². The highest BCUT2D eigenvalue weighted by Gasteiger charge is 2.06. The molecule has 0 saturated carbocycles. The fourth-order valence-electron chi connectivity index (χ4n) is 1.81. The predicted octanol–water partition coefficient (Wildman–Crippen LogP) is 1.57. The molecule has 0 unspecified atom stereocenters. The van der Waals surface area contributed by atoms with Crippen LogP contribution < -0.4 is 10.6 Å². The van der Waals surface area contributed by atoms with Gasteiger partial charge in [-0.1, -0.05) is 0 Å². The van der Waals surface area contributed by atoms with E-state index < -0.39 is 11.9 Å². The van der Waals surface area contributed by atoms with E-state index >= 15 is 0 Å². The number of fused-ring (bicyclic) bond motifs is 1. The number of aliphatic carboxylic acids is 2. The Bertz CT molecular complexity index is 638. The monoisotopic (exact) mass is 294 g/mol. The molecule has 0 aliphatic rings. The minimum absolute atomic E-state index is 0.0890. The van der Waals surface area contributed by atoms with Crippen molar-refractivity contribution in [2.24, 2.45) is 0 Å². The van der Waals surface area contributed by atoms with Crippen molar-refractivity contribution in [1.29, 1.82) is 0 Å². The zero-order chi connectivity index (χ0) is 14.5. The van der Waals surface area contributed by atoms with Gasteiger partial charge in [-0.2, -0.15) is 0 Å². The van der Waals surface area contributed by atoms with Crippen LogP contribution in [0.25, 0.3) is 10.1 Å². The molecule has 0 spiro atoms. The molecule has 106 valence electrons. The number of anilines is 1. The highest BCUT2D eigenvalue weighted by Crippen LogP contribution is 2.28. The summed E-state index contributed by atoms with van der Waals surface area (Å²) in [6.07, 6.45) is 0. The van der Waals surface area contributed by atoms with Gasteiger partial charge in [0.25, 0.3) is 0 Å². The van der Waals surface area contributed by atoms with E-state index in [-0.39, 0.29) is 13.1 Å². The molecule has 0 aliphatic heterocycles. The van der Waals surface area contributed by atoms with Crippen LogP contribution in [0, 0.1) is 0 Å². The van der Waals surface area contributed by atoms with E-state index in [0.29, 0.717) is 6.54 Å². The molecule has 1 heterocycles. The minimum Gasteiger partial charge on any atom is -0.480 e. The van der Waals surface area contributed by atoms with Gasteiger partial charge in [-0.15, -0.1) is 11.3 Å². The van der Waals surface area contributed by atoms with Gasteiger partial charge >= 0.3 is 11.9 Å².